The summed E-state index contributed by atoms with van der Waals surface area (Å²) in [5.41, 5.74) is 4.30. The fourth-order valence-corrected chi connectivity index (χ4v) is 3.42. The first-order valence-corrected chi connectivity index (χ1v) is 9.42. The van der Waals surface area contributed by atoms with Crippen LogP contribution in [0, 0.1) is 0 Å². The van der Waals surface area contributed by atoms with Crippen LogP contribution in [0.4, 0.5) is 5.82 Å². The van der Waals surface area contributed by atoms with E-state index in [4.69, 9.17) is 14.1 Å². The van der Waals surface area contributed by atoms with Crippen LogP contribution in [0.3, 0.4) is 0 Å². The average molecular weight is 388 g/mol. The number of oxazole rings is 1. The number of nitrogens with zero attached hydrogens (tertiary/aromatic N) is 5. The second kappa shape index (κ2) is 7.31. The van der Waals surface area contributed by atoms with Gasteiger partial charge in [-0.3, -0.25) is 0 Å². The minimum absolute atomic E-state index is 0.521. The first-order chi connectivity index (χ1) is 14.3. The van der Waals surface area contributed by atoms with E-state index in [9.17, 15) is 0 Å². The van der Waals surface area contributed by atoms with Crippen molar-refractivity contribution in [2.45, 2.75) is 0 Å². The van der Waals surface area contributed by atoms with Crippen molar-refractivity contribution in [2.24, 2.45) is 0 Å². The lowest BCUT2D eigenvalue weighted by Gasteiger charge is -2.26. The highest BCUT2D eigenvalue weighted by molar-refractivity contribution is 5.78. The van der Waals surface area contributed by atoms with Gasteiger partial charge in [0.05, 0.1) is 18.4 Å². The van der Waals surface area contributed by atoms with Crippen molar-refractivity contribution >= 4 is 17.2 Å². The molecule has 0 amide bonds. The standard InChI is InChI=1S/C21H20N6O2/c1-15(19-13-28-14-23-19)26-8-6-22-20-5-7-27-21(25-20)18(12-24-27)16-3-2-4-17(11-16)29-10-9-26/h2-5,7,11-14H,1,6,8-10H2,(H,22,25). The molecule has 1 aliphatic heterocycles. The first kappa shape index (κ1) is 17.3. The number of anilines is 1. The zero-order chi connectivity index (χ0) is 19.6. The Bertz CT molecular complexity index is 1150. The predicted molar refractivity (Wildman–Crippen MR) is 110 cm³/mol. The normalized spacial score (nSPS) is 14.3. The molecule has 0 saturated carbocycles. The van der Waals surface area contributed by atoms with Gasteiger partial charge >= 0.3 is 0 Å². The maximum Gasteiger partial charge on any atom is 0.181 e. The van der Waals surface area contributed by atoms with Gasteiger partial charge < -0.3 is 19.4 Å². The average Bonchev–Trinajstić information content (AvgIpc) is 3.42. The molecule has 29 heavy (non-hydrogen) atoms. The van der Waals surface area contributed by atoms with Crippen LogP contribution in [0.1, 0.15) is 5.69 Å². The third-order valence-corrected chi connectivity index (χ3v) is 4.94. The molecule has 1 aromatic carbocycles. The van der Waals surface area contributed by atoms with Crippen LogP contribution >= 0.6 is 0 Å². The Balaban J connectivity index is 1.49. The van der Waals surface area contributed by atoms with Crippen LogP contribution in [0.5, 0.6) is 5.75 Å². The van der Waals surface area contributed by atoms with Gasteiger partial charge in [-0.2, -0.15) is 5.10 Å². The Morgan fingerprint density at radius 3 is 3.07 bits per heavy atom. The fourth-order valence-electron chi connectivity index (χ4n) is 3.42. The van der Waals surface area contributed by atoms with Gasteiger partial charge in [0, 0.05) is 24.8 Å². The quantitative estimate of drug-likeness (QED) is 0.565. The molecule has 146 valence electrons. The Morgan fingerprint density at radius 1 is 1.21 bits per heavy atom. The van der Waals surface area contributed by atoms with Crippen LogP contribution in [-0.2, 0) is 0 Å². The van der Waals surface area contributed by atoms with E-state index in [-0.39, 0.29) is 0 Å². The molecule has 4 heterocycles. The topological polar surface area (TPSA) is 80.7 Å². The van der Waals surface area contributed by atoms with Crippen molar-refractivity contribution < 1.29 is 9.15 Å². The van der Waals surface area contributed by atoms with Crippen molar-refractivity contribution in [3.05, 3.63) is 67.7 Å². The smallest absolute Gasteiger partial charge is 0.181 e. The lowest BCUT2D eigenvalue weighted by atomic mass is 10.1. The summed E-state index contributed by atoms with van der Waals surface area (Å²) >= 11 is 0. The molecule has 8 nitrogen and oxygen atoms in total. The summed E-state index contributed by atoms with van der Waals surface area (Å²) in [5, 5.41) is 7.81. The number of fused-ring (bicyclic) bond motifs is 4. The summed E-state index contributed by atoms with van der Waals surface area (Å²) in [6.07, 6.45) is 6.75. The summed E-state index contributed by atoms with van der Waals surface area (Å²) < 4.78 is 12.9. The number of ether oxygens (including phenoxy) is 1. The van der Waals surface area contributed by atoms with Crippen molar-refractivity contribution in [3.63, 3.8) is 0 Å². The van der Waals surface area contributed by atoms with Gasteiger partial charge in [0.25, 0.3) is 0 Å². The zero-order valence-electron chi connectivity index (χ0n) is 15.8. The summed E-state index contributed by atoms with van der Waals surface area (Å²) in [7, 11) is 0. The molecule has 4 aromatic rings. The molecule has 8 heteroatoms. The Hall–Kier alpha value is -3.81. The highest BCUT2D eigenvalue weighted by atomic mass is 16.5. The summed E-state index contributed by atoms with van der Waals surface area (Å²) in [6.45, 7) is 6.78. The van der Waals surface area contributed by atoms with Crippen LogP contribution in [0.2, 0.25) is 0 Å². The van der Waals surface area contributed by atoms with E-state index < -0.39 is 0 Å². The number of benzene rings is 1. The van der Waals surface area contributed by atoms with Crippen molar-refractivity contribution in [2.75, 3.05) is 31.6 Å². The molecule has 0 radical (unpaired) electrons. The van der Waals surface area contributed by atoms with E-state index in [0.29, 0.717) is 26.2 Å². The number of hydrogen-bond donors (Lipinski definition) is 1. The molecule has 0 atom stereocenters. The monoisotopic (exact) mass is 388 g/mol. The molecule has 0 spiro atoms. The third-order valence-electron chi connectivity index (χ3n) is 4.94. The molecule has 1 aliphatic rings. The molecule has 1 N–H and O–H groups in total. The van der Waals surface area contributed by atoms with E-state index >= 15 is 0 Å². The maximum atomic E-state index is 6.02. The molecular formula is C21H20N6O2. The number of aromatic nitrogens is 4. The van der Waals surface area contributed by atoms with Gasteiger partial charge in [-0.1, -0.05) is 18.7 Å². The second-order valence-electron chi connectivity index (χ2n) is 6.75. The van der Waals surface area contributed by atoms with Gasteiger partial charge in [0.15, 0.2) is 12.0 Å². The minimum atomic E-state index is 0.521. The van der Waals surface area contributed by atoms with Gasteiger partial charge in [-0.05, 0) is 23.8 Å². The zero-order valence-corrected chi connectivity index (χ0v) is 15.8. The summed E-state index contributed by atoms with van der Waals surface area (Å²) in [4.78, 5) is 11.1. The lowest BCUT2D eigenvalue weighted by Crippen LogP contribution is -2.31. The maximum absolute atomic E-state index is 6.02. The first-order valence-electron chi connectivity index (χ1n) is 9.42. The van der Waals surface area contributed by atoms with E-state index in [0.717, 1.165) is 39.7 Å². The number of nitrogens with one attached hydrogen (secondary N) is 1. The molecule has 0 aliphatic carbocycles. The molecule has 0 unspecified atom stereocenters. The molecular weight excluding hydrogens is 368 g/mol. The van der Waals surface area contributed by atoms with E-state index in [1.54, 1.807) is 10.8 Å². The van der Waals surface area contributed by atoms with Gasteiger partial charge in [0.1, 0.15) is 30.1 Å². The summed E-state index contributed by atoms with van der Waals surface area (Å²) in [6, 6.07) is 9.91. The lowest BCUT2D eigenvalue weighted by molar-refractivity contribution is 0.265. The predicted octanol–water partition coefficient (Wildman–Crippen LogP) is 3.16. The SMILES string of the molecule is C=C(c1cocn1)N1CCNc2ccn3ncc(c3n2)-c2cccc(c2)OCC1. The molecule has 3 aromatic heterocycles. The molecule has 5 rings (SSSR count). The minimum Gasteiger partial charge on any atom is -0.492 e. The van der Waals surface area contributed by atoms with Gasteiger partial charge in [-0.25, -0.2) is 14.5 Å². The largest absolute Gasteiger partial charge is 0.492 e. The Kier molecular flexibility index (Phi) is 4.36. The highest BCUT2D eigenvalue weighted by Crippen LogP contribution is 2.27. The molecule has 0 saturated heterocycles. The van der Waals surface area contributed by atoms with Crippen molar-refractivity contribution in [3.8, 4) is 16.9 Å². The fraction of sp³-hybridized carbons (Fsp3) is 0.190. The van der Waals surface area contributed by atoms with E-state index in [1.807, 2.05) is 42.7 Å². The molecule has 0 fully saturated rings. The molecule has 4 bridgehead atoms. The van der Waals surface area contributed by atoms with Crippen LogP contribution in [0.15, 0.2) is 66.4 Å². The number of hydrogen-bond acceptors (Lipinski definition) is 7. The summed E-state index contributed by atoms with van der Waals surface area (Å²) in [5.74, 6) is 1.61. The van der Waals surface area contributed by atoms with Crippen molar-refractivity contribution in [1.29, 1.82) is 0 Å². The van der Waals surface area contributed by atoms with Gasteiger partial charge in [0.2, 0.25) is 0 Å². The van der Waals surface area contributed by atoms with Crippen LogP contribution < -0.4 is 10.1 Å². The highest BCUT2D eigenvalue weighted by Gasteiger charge is 2.14. The van der Waals surface area contributed by atoms with Gasteiger partial charge in [-0.15, -0.1) is 0 Å². The number of rotatable bonds is 2. The Labute approximate surface area is 167 Å². The van der Waals surface area contributed by atoms with Crippen LogP contribution in [0.25, 0.3) is 22.5 Å². The van der Waals surface area contributed by atoms with Crippen LogP contribution in [-0.4, -0.2) is 50.7 Å². The van der Waals surface area contributed by atoms with Crippen molar-refractivity contribution in [1.82, 2.24) is 24.5 Å². The van der Waals surface area contributed by atoms with E-state index in [2.05, 4.69) is 26.9 Å². The van der Waals surface area contributed by atoms with E-state index in [1.165, 1.54) is 6.39 Å². The third kappa shape index (κ3) is 3.40. The second-order valence-corrected chi connectivity index (χ2v) is 6.75. The Morgan fingerprint density at radius 2 is 2.17 bits per heavy atom.